The first-order chi connectivity index (χ1) is 11.1. The van der Waals surface area contributed by atoms with Crippen LogP contribution in [0.1, 0.15) is 12.8 Å². The second-order valence-corrected chi connectivity index (χ2v) is 5.43. The van der Waals surface area contributed by atoms with Crippen molar-refractivity contribution in [3.05, 3.63) is 24.0 Å². The van der Waals surface area contributed by atoms with Crippen LogP contribution in [0, 0.1) is 5.82 Å². The molecule has 2 amide bonds. The van der Waals surface area contributed by atoms with Crippen LogP contribution < -0.4 is 10.1 Å². The summed E-state index contributed by atoms with van der Waals surface area (Å²) in [7, 11) is 3.20. The number of urea groups is 1. The standard InChI is InChI=1S/C16H23FN2O4/c1-19(7-9-21-2)16(20)18-14-10-12(17)5-6-15(14)23-11-13-4-3-8-22-13/h5-6,10,13H,3-4,7-9,11H2,1-2H3,(H,18,20)/t13-/m1/s1. The third kappa shape index (κ3) is 5.37. The third-order valence-electron chi connectivity index (χ3n) is 3.61. The molecule has 0 radical (unpaired) electrons. The van der Waals surface area contributed by atoms with E-state index >= 15 is 0 Å². The summed E-state index contributed by atoms with van der Waals surface area (Å²) < 4.78 is 29.6. The van der Waals surface area contributed by atoms with Gasteiger partial charge in [-0.25, -0.2) is 9.18 Å². The van der Waals surface area contributed by atoms with E-state index in [9.17, 15) is 9.18 Å². The van der Waals surface area contributed by atoms with Crippen molar-refractivity contribution in [3.8, 4) is 5.75 Å². The van der Waals surface area contributed by atoms with Gasteiger partial charge in [0.05, 0.1) is 18.4 Å². The van der Waals surface area contributed by atoms with Crippen LogP contribution in [0.25, 0.3) is 0 Å². The van der Waals surface area contributed by atoms with Gasteiger partial charge < -0.3 is 24.4 Å². The molecule has 1 fully saturated rings. The second-order valence-electron chi connectivity index (χ2n) is 5.43. The Bertz CT molecular complexity index is 521. The lowest BCUT2D eigenvalue weighted by Crippen LogP contribution is -2.34. The quantitative estimate of drug-likeness (QED) is 0.836. The molecule has 128 valence electrons. The van der Waals surface area contributed by atoms with Crippen molar-refractivity contribution in [2.45, 2.75) is 18.9 Å². The number of benzene rings is 1. The molecule has 0 aliphatic carbocycles. The number of carbonyl (C=O) groups excluding carboxylic acids is 1. The number of nitrogens with zero attached hydrogens (tertiary/aromatic N) is 1. The van der Waals surface area contributed by atoms with Gasteiger partial charge in [-0.3, -0.25) is 0 Å². The second kappa shape index (κ2) is 8.69. The highest BCUT2D eigenvalue weighted by atomic mass is 19.1. The number of likely N-dealkylation sites (N-methyl/N-ethyl adjacent to an activating group) is 1. The van der Waals surface area contributed by atoms with Crippen LogP contribution in [-0.4, -0.2) is 57.6 Å². The van der Waals surface area contributed by atoms with Gasteiger partial charge in [-0.15, -0.1) is 0 Å². The summed E-state index contributed by atoms with van der Waals surface area (Å²) in [6.07, 6.45) is 2.02. The topological polar surface area (TPSA) is 60.0 Å². The van der Waals surface area contributed by atoms with Crippen LogP contribution in [-0.2, 0) is 9.47 Å². The molecule has 1 aliphatic rings. The van der Waals surface area contributed by atoms with E-state index in [1.165, 1.54) is 23.1 Å². The van der Waals surface area contributed by atoms with Crippen LogP contribution in [0.4, 0.5) is 14.9 Å². The Morgan fingerprint density at radius 3 is 3.04 bits per heavy atom. The average molecular weight is 326 g/mol. The lowest BCUT2D eigenvalue weighted by molar-refractivity contribution is 0.0682. The molecule has 2 rings (SSSR count). The molecule has 6 nitrogen and oxygen atoms in total. The molecule has 1 aliphatic heterocycles. The summed E-state index contributed by atoms with van der Waals surface area (Å²) in [6, 6.07) is 3.70. The smallest absolute Gasteiger partial charge is 0.321 e. The Balaban J connectivity index is 1.98. The molecule has 0 aromatic heterocycles. The number of methoxy groups -OCH3 is 1. The monoisotopic (exact) mass is 326 g/mol. The normalized spacial score (nSPS) is 17.1. The van der Waals surface area contributed by atoms with Crippen LogP contribution in [0.5, 0.6) is 5.75 Å². The molecule has 1 heterocycles. The fraction of sp³-hybridized carbons (Fsp3) is 0.562. The maximum absolute atomic E-state index is 13.5. The molecule has 0 unspecified atom stereocenters. The van der Waals surface area contributed by atoms with Gasteiger partial charge in [0.1, 0.15) is 18.2 Å². The van der Waals surface area contributed by atoms with E-state index in [2.05, 4.69) is 5.32 Å². The summed E-state index contributed by atoms with van der Waals surface area (Å²) in [4.78, 5) is 13.6. The van der Waals surface area contributed by atoms with Gasteiger partial charge >= 0.3 is 6.03 Å². The van der Waals surface area contributed by atoms with Crippen molar-refractivity contribution in [1.82, 2.24) is 4.90 Å². The van der Waals surface area contributed by atoms with Gasteiger partial charge in [-0.1, -0.05) is 0 Å². The fourth-order valence-electron chi connectivity index (χ4n) is 2.22. The maximum atomic E-state index is 13.5. The molecule has 1 N–H and O–H groups in total. The van der Waals surface area contributed by atoms with E-state index in [0.717, 1.165) is 19.4 Å². The zero-order valence-electron chi connectivity index (χ0n) is 13.5. The predicted molar refractivity (Wildman–Crippen MR) is 84.4 cm³/mol. The van der Waals surface area contributed by atoms with Crippen molar-refractivity contribution in [2.75, 3.05) is 45.8 Å². The SMILES string of the molecule is COCCN(C)C(=O)Nc1cc(F)ccc1OC[C@H]1CCCO1. The van der Waals surface area contributed by atoms with Crippen molar-refractivity contribution >= 4 is 11.7 Å². The molecule has 1 saturated heterocycles. The Hall–Kier alpha value is -1.86. The fourth-order valence-corrected chi connectivity index (χ4v) is 2.22. The number of rotatable bonds is 7. The van der Waals surface area contributed by atoms with E-state index in [1.807, 2.05) is 0 Å². The highest BCUT2D eigenvalue weighted by Crippen LogP contribution is 2.26. The summed E-state index contributed by atoms with van der Waals surface area (Å²) >= 11 is 0. The van der Waals surface area contributed by atoms with Gasteiger partial charge in [0.15, 0.2) is 0 Å². The molecule has 7 heteroatoms. The van der Waals surface area contributed by atoms with Crippen molar-refractivity contribution in [3.63, 3.8) is 0 Å². The summed E-state index contributed by atoms with van der Waals surface area (Å²) in [5, 5.41) is 2.66. The minimum absolute atomic E-state index is 0.0491. The molecular weight excluding hydrogens is 303 g/mol. The van der Waals surface area contributed by atoms with Crippen LogP contribution in [0.2, 0.25) is 0 Å². The molecule has 0 spiro atoms. The number of nitrogens with one attached hydrogen (secondary N) is 1. The number of ether oxygens (including phenoxy) is 3. The number of halogens is 1. The first kappa shape index (κ1) is 17.5. The zero-order chi connectivity index (χ0) is 16.7. The molecule has 1 aromatic carbocycles. The Morgan fingerprint density at radius 1 is 1.52 bits per heavy atom. The van der Waals surface area contributed by atoms with Crippen LogP contribution in [0.15, 0.2) is 18.2 Å². The number of hydrogen-bond donors (Lipinski definition) is 1. The van der Waals surface area contributed by atoms with Gasteiger partial charge in [-0.2, -0.15) is 0 Å². The maximum Gasteiger partial charge on any atom is 0.321 e. The number of hydrogen-bond acceptors (Lipinski definition) is 4. The van der Waals surface area contributed by atoms with Crippen LogP contribution >= 0.6 is 0 Å². The van der Waals surface area contributed by atoms with Gasteiger partial charge in [0.25, 0.3) is 0 Å². The van der Waals surface area contributed by atoms with Crippen molar-refractivity contribution < 1.29 is 23.4 Å². The summed E-state index contributed by atoms with van der Waals surface area (Å²) in [5.41, 5.74) is 0.303. The van der Waals surface area contributed by atoms with E-state index in [1.54, 1.807) is 14.2 Å². The van der Waals surface area contributed by atoms with E-state index in [4.69, 9.17) is 14.2 Å². The van der Waals surface area contributed by atoms with Gasteiger partial charge in [-0.05, 0) is 25.0 Å². The average Bonchev–Trinajstić information content (AvgIpc) is 3.05. The van der Waals surface area contributed by atoms with E-state index < -0.39 is 5.82 Å². The minimum Gasteiger partial charge on any atom is -0.489 e. The first-order valence-corrected chi connectivity index (χ1v) is 7.65. The van der Waals surface area contributed by atoms with E-state index in [-0.39, 0.29) is 12.1 Å². The predicted octanol–water partition coefficient (Wildman–Crippen LogP) is 2.49. The lowest BCUT2D eigenvalue weighted by Gasteiger charge is -2.19. The Labute approximate surface area is 135 Å². The highest BCUT2D eigenvalue weighted by molar-refractivity contribution is 5.90. The molecule has 0 bridgehead atoms. The zero-order valence-corrected chi connectivity index (χ0v) is 13.5. The molecule has 1 aromatic rings. The number of carbonyl (C=O) groups is 1. The van der Waals surface area contributed by atoms with Crippen LogP contribution in [0.3, 0.4) is 0 Å². The molecular formula is C16H23FN2O4. The lowest BCUT2D eigenvalue weighted by atomic mass is 10.2. The molecule has 0 saturated carbocycles. The number of anilines is 1. The largest absolute Gasteiger partial charge is 0.489 e. The Morgan fingerprint density at radius 2 is 2.35 bits per heavy atom. The molecule has 23 heavy (non-hydrogen) atoms. The Kier molecular flexibility index (Phi) is 6.61. The third-order valence-corrected chi connectivity index (χ3v) is 3.61. The highest BCUT2D eigenvalue weighted by Gasteiger charge is 2.18. The minimum atomic E-state index is -0.440. The first-order valence-electron chi connectivity index (χ1n) is 7.65. The summed E-state index contributed by atoms with van der Waals surface area (Å²) in [6.45, 7) is 1.98. The van der Waals surface area contributed by atoms with E-state index in [0.29, 0.717) is 31.2 Å². The van der Waals surface area contributed by atoms with Gasteiger partial charge in [0.2, 0.25) is 0 Å². The summed E-state index contributed by atoms with van der Waals surface area (Å²) in [5.74, 6) is -0.0142. The van der Waals surface area contributed by atoms with Crippen molar-refractivity contribution in [1.29, 1.82) is 0 Å². The van der Waals surface area contributed by atoms with Gasteiger partial charge in [0, 0.05) is 33.4 Å². The number of amides is 2. The molecule has 1 atom stereocenters. The van der Waals surface area contributed by atoms with Crippen molar-refractivity contribution in [2.24, 2.45) is 0 Å².